The van der Waals surface area contributed by atoms with Gasteiger partial charge in [-0.25, -0.2) is 9.78 Å². The maximum Gasteiger partial charge on any atom is 0.339 e. The molecular formula is C24H26N2O5S2. The van der Waals surface area contributed by atoms with E-state index in [-0.39, 0.29) is 5.24 Å². The highest BCUT2D eigenvalue weighted by atomic mass is 32.2. The van der Waals surface area contributed by atoms with E-state index in [0.29, 0.717) is 35.2 Å². The normalized spacial score (nSPS) is 10.6. The molecule has 0 spiro atoms. The van der Waals surface area contributed by atoms with Crippen molar-refractivity contribution in [1.29, 1.82) is 0 Å². The van der Waals surface area contributed by atoms with Crippen LogP contribution < -0.4 is 9.47 Å². The maximum absolute atomic E-state index is 12.4. The molecule has 0 N–H and O–H groups in total. The summed E-state index contributed by atoms with van der Waals surface area (Å²) in [5.74, 6) is 0.866. The summed E-state index contributed by atoms with van der Waals surface area (Å²) in [6.07, 6.45) is 0. The Morgan fingerprint density at radius 2 is 1.70 bits per heavy atom. The maximum atomic E-state index is 12.4. The molecule has 0 aliphatic heterocycles. The molecule has 0 bridgehead atoms. The molecule has 9 heteroatoms. The average Bonchev–Trinajstić information content (AvgIpc) is 3.30. The molecule has 2 aromatic carbocycles. The first-order valence-corrected chi connectivity index (χ1v) is 12.0. The Labute approximate surface area is 201 Å². The first-order chi connectivity index (χ1) is 15.9. The number of carbonyl (C=O) groups is 2. The molecule has 1 heterocycles. The zero-order valence-electron chi connectivity index (χ0n) is 19.2. The third kappa shape index (κ3) is 5.85. The van der Waals surface area contributed by atoms with E-state index in [1.165, 1.54) is 23.3 Å². The minimum absolute atomic E-state index is 0.176. The van der Waals surface area contributed by atoms with Gasteiger partial charge in [0.2, 0.25) is 0 Å². The lowest BCUT2D eigenvalue weighted by Crippen LogP contribution is -2.16. The predicted molar refractivity (Wildman–Crippen MR) is 132 cm³/mol. The van der Waals surface area contributed by atoms with Crippen molar-refractivity contribution in [3.8, 4) is 33.3 Å². The lowest BCUT2D eigenvalue weighted by atomic mass is 10.1. The van der Waals surface area contributed by atoms with Crippen LogP contribution in [0, 0.1) is 0 Å². The van der Waals surface area contributed by atoms with Crippen LogP contribution in [0.1, 0.15) is 24.2 Å². The minimum atomic E-state index is -0.505. The monoisotopic (exact) mass is 486 g/mol. The molecule has 3 aromatic rings. The quantitative estimate of drug-likeness (QED) is 0.293. The van der Waals surface area contributed by atoms with Crippen molar-refractivity contribution in [1.82, 2.24) is 9.88 Å². The fourth-order valence-electron chi connectivity index (χ4n) is 2.96. The largest absolute Gasteiger partial charge is 0.490 e. The van der Waals surface area contributed by atoms with Gasteiger partial charge in [0.1, 0.15) is 5.01 Å². The first kappa shape index (κ1) is 24.6. The third-order valence-electron chi connectivity index (χ3n) is 4.54. The molecule has 0 aliphatic carbocycles. The van der Waals surface area contributed by atoms with Gasteiger partial charge in [-0.15, -0.1) is 11.3 Å². The Hall–Kier alpha value is -3.04. The number of amides is 1. The minimum Gasteiger partial charge on any atom is -0.490 e. The van der Waals surface area contributed by atoms with Crippen LogP contribution in [0.5, 0.6) is 11.5 Å². The molecule has 0 atom stereocenters. The summed E-state index contributed by atoms with van der Waals surface area (Å²) in [4.78, 5) is 31.3. The second kappa shape index (κ2) is 11.2. The highest BCUT2D eigenvalue weighted by Crippen LogP contribution is 2.36. The van der Waals surface area contributed by atoms with Gasteiger partial charge >= 0.3 is 5.97 Å². The zero-order chi connectivity index (χ0) is 24.0. The Morgan fingerprint density at radius 3 is 2.36 bits per heavy atom. The number of thioether (sulfide) groups is 1. The van der Waals surface area contributed by atoms with Crippen LogP contribution in [-0.2, 0) is 4.74 Å². The Kier molecular flexibility index (Phi) is 8.35. The van der Waals surface area contributed by atoms with Crippen LogP contribution in [0.2, 0.25) is 0 Å². The van der Waals surface area contributed by atoms with Crippen LogP contribution in [0.3, 0.4) is 0 Å². The summed E-state index contributed by atoms with van der Waals surface area (Å²) >= 11 is 2.47. The van der Waals surface area contributed by atoms with Crippen molar-refractivity contribution in [3.05, 3.63) is 47.3 Å². The predicted octanol–water partition coefficient (Wildman–Crippen LogP) is 5.83. The number of rotatable bonds is 8. The molecule has 0 aliphatic rings. The van der Waals surface area contributed by atoms with Gasteiger partial charge in [0.25, 0.3) is 5.24 Å². The van der Waals surface area contributed by atoms with E-state index >= 15 is 0 Å². The van der Waals surface area contributed by atoms with Gasteiger partial charge in [-0.2, -0.15) is 0 Å². The van der Waals surface area contributed by atoms with E-state index in [0.717, 1.165) is 33.6 Å². The van der Waals surface area contributed by atoms with Gasteiger partial charge < -0.3 is 19.1 Å². The number of hydrogen-bond acceptors (Lipinski definition) is 8. The number of nitrogens with zero attached hydrogens (tertiary/aromatic N) is 2. The topological polar surface area (TPSA) is 78.0 Å². The van der Waals surface area contributed by atoms with E-state index in [1.807, 2.05) is 43.5 Å². The number of hydrogen-bond donors (Lipinski definition) is 0. The number of methoxy groups -OCH3 is 1. The second-order valence-corrected chi connectivity index (χ2v) is 8.88. The van der Waals surface area contributed by atoms with Crippen molar-refractivity contribution in [3.63, 3.8) is 0 Å². The summed E-state index contributed by atoms with van der Waals surface area (Å²) in [6.45, 7) is 4.94. The highest BCUT2D eigenvalue weighted by molar-refractivity contribution is 8.13. The van der Waals surface area contributed by atoms with E-state index in [9.17, 15) is 9.59 Å². The fraction of sp³-hybridized carbons (Fsp3) is 0.292. The van der Waals surface area contributed by atoms with Crippen molar-refractivity contribution < 1.29 is 23.8 Å². The summed E-state index contributed by atoms with van der Waals surface area (Å²) < 4.78 is 16.3. The molecular weight excluding hydrogens is 460 g/mol. The van der Waals surface area contributed by atoms with Crippen molar-refractivity contribution in [2.24, 2.45) is 0 Å². The van der Waals surface area contributed by atoms with Gasteiger partial charge in [0, 0.05) is 35.5 Å². The highest BCUT2D eigenvalue weighted by Gasteiger charge is 2.19. The first-order valence-electron chi connectivity index (χ1n) is 10.3. The summed E-state index contributed by atoms with van der Waals surface area (Å²) in [6, 6.07) is 11.1. The molecule has 0 saturated heterocycles. The third-order valence-corrected chi connectivity index (χ3v) is 6.54. The number of esters is 1. The summed E-state index contributed by atoms with van der Waals surface area (Å²) in [5, 5.41) is 2.57. The second-order valence-electron chi connectivity index (χ2n) is 7.03. The summed E-state index contributed by atoms with van der Waals surface area (Å²) in [7, 11) is 4.65. The lowest BCUT2D eigenvalue weighted by molar-refractivity contribution is 0.0597. The summed E-state index contributed by atoms with van der Waals surface area (Å²) in [5.41, 5.74) is 2.72. The van der Waals surface area contributed by atoms with Crippen molar-refractivity contribution >= 4 is 34.3 Å². The van der Waals surface area contributed by atoms with Crippen LogP contribution in [0.25, 0.3) is 21.8 Å². The van der Waals surface area contributed by atoms with Crippen LogP contribution in [-0.4, -0.2) is 55.5 Å². The van der Waals surface area contributed by atoms with E-state index in [1.54, 1.807) is 26.2 Å². The van der Waals surface area contributed by atoms with E-state index in [4.69, 9.17) is 19.2 Å². The van der Waals surface area contributed by atoms with Crippen LogP contribution >= 0.6 is 23.1 Å². The molecule has 0 unspecified atom stereocenters. The van der Waals surface area contributed by atoms with Gasteiger partial charge in [-0.3, -0.25) is 4.79 Å². The SMILES string of the molecule is CCOc1ccc(-c2nc(-c3ccc(SC(=O)N(C)C)c(C(=O)OC)c3)cs2)cc1OCC. The average molecular weight is 487 g/mol. The molecule has 0 fully saturated rings. The van der Waals surface area contributed by atoms with Gasteiger partial charge in [0.05, 0.1) is 31.6 Å². The molecule has 0 saturated carbocycles. The van der Waals surface area contributed by atoms with Gasteiger partial charge in [-0.1, -0.05) is 6.07 Å². The van der Waals surface area contributed by atoms with E-state index in [2.05, 4.69) is 0 Å². The molecule has 1 aromatic heterocycles. The molecule has 0 radical (unpaired) electrons. The molecule has 7 nitrogen and oxygen atoms in total. The lowest BCUT2D eigenvalue weighted by Gasteiger charge is -2.12. The van der Waals surface area contributed by atoms with Crippen LogP contribution in [0.15, 0.2) is 46.7 Å². The molecule has 3 rings (SSSR count). The number of ether oxygens (including phenoxy) is 3. The number of benzene rings is 2. The van der Waals surface area contributed by atoms with Crippen molar-refractivity contribution in [2.75, 3.05) is 34.4 Å². The Balaban J connectivity index is 1.94. The Bertz CT molecular complexity index is 1140. The van der Waals surface area contributed by atoms with Gasteiger partial charge in [0.15, 0.2) is 11.5 Å². The zero-order valence-corrected chi connectivity index (χ0v) is 20.8. The number of aromatic nitrogens is 1. The smallest absolute Gasteiger partial charge is 0.339 e. The van der Waals surface area contributed by atoms with Crippen LogP contribution in [0.4, 0.5) is 4.79 Å². The van der Waals surface area contributed by atoms with Crippen molar-refractivity contribution in [2.45, 2.75) is 18.7 Å². The molecule has 1 amide bonds. The van der Waals surface area contributed by atoms with E-state index < -0.39 is 5.97 Å². The fourth-order valence-corrected chi connectivity index (χ4v) is 4.54. The molecule has 174 valence electrons. The standard InChI is InChI=1S/C24H26N2O5S2/c1-6-30-19-10-8-16(13-20(19)31-7-2)22-25-18(14-32-22)15-9-11-21(33-24(28)26(3)4)17(12-15)23(27)29-5/h8-14H,6-7H2,1-5H3. The molecule has 33 heavy (non-hydrogen) atoms. The number of thiazole rings is 1. The van der Waals surface area contributed by atoms with Gasteiger partial charge in [-0.05, 0) is 55.9 Å². The Morgan fingerprint density at radius 1 is 1.00 bits per heavy atom. The number of carbonyl (C=O) groups excluding carboxylic acids is 2.